The number of para-hydroxylation sites is 1. The standard InChI is InChI=1S/C18H24N2O/c1-18(2)10-5-11-20(13-18)17(21)9-8-14-12-19-16-7-4-3-6-15(14)16/h3-4,6-7,12,19H,5,8-11,13H2,1-2H3. The van der Waals surface area contributed by atoms with Crippen LogP contribution in [-0.2, 0) is 11.2 Å². The maximum absolute atomic E-state index is 12.4. The Kier molecular flexibility index (Phi) is 3.75. The highest BCUT2D eigenvalue weighted by Crippen LogP contribution is 2.29. The minimum atomic E-state index is 0.273. The van der Waals surface area contributed by atoms with Gasteiger partial charge in [0.05, 0.1) is 0 Å². The van der Waals surface area contributed by atoms with E-state index in [0.29, 0.717) is 12.3 Å². The van der Waals surface area contributed by atoms with Crippen LogP contribution in [0.5, 0.6) is 0 Å². The molecule has 0 saturated carbocycles. The second-order valence-electron chi connectivity index (χ2n) is 6.94. The SMILES string of the molecule is CC1(C)CCCN(C(=O)CCc2c[nH]c3ccccc23)C1. The predicted octanol–water partition coefficient (Wildman–Crippen LogP) is 3.75. The summed E-state index contributed by atoms with van der Waals surface area (Å²) in [5.41, 5.74) is 2.67. The van der Waals surface area contributed by atoms with Gasteiger partial charge in [0.2, 0.25) is 5.91 Å². The summed E-state index contributed by atoms with van der Waals surface area (Å²) in [6, 6.07) is 8.28. The predicted molar refractivity (Wildman–Crippen MR) is 86.2 cm³/mol. The van der Waals surface area contributed by atoms with Gasteiger partial charge in [-0.1, -0.05) is 32.0 Å². The molecular formula is C18H24N2O. The molecule has 0 bridgehead atoms. The third kappa shape index (κ3) is 3.12. The second kappa shape index (κ2) is 5.55. The van der Waals surface area contributed by atoms with Crippen molar-refractivity contribution in [2.75, 3.05) is 13.1 Å². The first-order valence-electron chi connectivity index (χ1n) is 7.88. The average molecular weight is 284 g/mol. The van der Waals surface area contributed by atoms with Crippen LogP contribution < -0.4 is 0 Å². The van der Waals surface area contributed by atoms with Crippen molar-refractivity contribution < 1.29 is 4.79 Å². The minimum absolute atomic E-state index is 0.273. The molecule has 1 N–H and O–H groups in total. The Labute approximate surface area is 126 Å². The summed E-state index contributed by atoms with van der Waals surface area (Å²) in [7, 11) is 0. The Hall–Kier alpha value is -1.77. The summed E-state index contributed by atoms with van der Waals surface area (Å²) in [5, 5.41) is 1.24. The number of rotatable bonds is 3. The van der Waals surface area contributed by atoms with Gasteiger partial charge in [0.25, 0.3) is 0 Å². The number of aryl methyl sites for hydroxylation is 1. The third-order valence-electron chi connectivity index (χ3n) is 4.54. The van der Waals surface area contributed by atoms with Crippen LogP contribution in [0.4, 0.5) is 0 Å². The van der Waals surface area contributed by atoms with E-state index in [1.54, 1.807) is 0 Å². The van der Waals surface area contributed by atoms with Crippen LogP contribution in [0.1, 0.15) is 38.7 Å². The number of nitrogens with zero attached hydrogens (tertiary/aromatic N) is 1. The number of hydrogen-bond donors (Lipinski definition) is 1. The van der Waals surface area contributed by atoms with Gasteiger partial charge in [0.15, 0.2) is 0 Å². The summed E-state index contributed by atoms with van der Waals surface area (Å²) in [6.07, 6.45) is 5.82. The molecule has 3 rings (SSSR count). The number of carbonyl (C=O) groups excluding carboxylic acids is 1. The largest absolute Gasteiger partial charge is 0.361 e. The molecule has 1 aromatic carbocycles. The zero-order valence-electron chi connectivity index (χ0n) is 13.0. The number of nitrogens with one attached hydrogen (secondary N) is 1. The lowest BCUT2D eigenvalue weighted by atomic mass is 9.84. The van der Waals surface area contributed by atoms with Gasteiger partial charge in [-0.2, -0.15) is 0 Å². The molecule has 0 unspecified atom stereocenters. The fourth-order valence-electron chi connectivity index (χ4n) is 3.37. The first-order chi connectivity index (χ1) is 10.1. The molecule has 21 heavy (non-hydrogen) atoms. The van der Waals surface area contributed by atoms with E-state index in [1.165, 1.54) is 17.4 Å². The molecule has 112 valence electrons. The van der Waals surface area contributed by atoms with E-state index in [0.717, 1.165) is 31.4 Å². The highest BCUT2D eigenvalue weighted by Gasteiger charge is 2.28. The molecule has 1 fully saturated rings. The van der Waals surface area contributed by atoms with Gasteiger partial charge in [-0.3, -0.25) is 4.79 Å². The van der Waals surface area contributed by atoms with Crippen LogP contribution in [0, 0.1) is 5.41 Å². The normalized spacial score (nSPS) is 18.1. The quantitative estimate of drug-likeness (QED) is 0.915. The molecule has 0 atom stereocenters. The van der Waals surface area contributed by atoms with Crippen molar-refractivity contribution in [3.05, 3.63) is 36.0 Å². The van der Waals surface area contributed by atoms with E-state index in [4.69, 9.17) is 0 Å². The first-order valence-corrected chi connectivity index (χ1v) is 7.88. The Bertz CT molecular complexity index is 641. The molecule has 1 amide bonds. The second-order valence-corrected chi connectivity index (χ2v) is 6.94. The fourth-order valence-corrected chi connectivity index (χ4v) is 3.37. The van der Waals surface area contributed by atoms with Crippen LogP contribution in [0.15, 0.2) is 30.5 Å². The van der Waals surface area contributed by atoms with Gasteiger partial charge < -0.3 is 9.88 Å². The van der Waals surface area contributed by atoms with Crippen LogP contribution in [0.25, 0.3) is 10.9 Å². The molecule has 2 heterocycles. The molecule has 3 heteroatoms. The zero-order chi connectivity index (χ0) is 14.9. The Morgan fingerprint density at radius 1 is 1.33 bits per heavy atom. The smallest absolute Gasteiger partial charge is 0.222 e. The highest BCUT2D eigenvalue weighted by molar-refractivity contribution is 5.84. The number of carbonyl (C=O) groups is 1. The number of piperidine rings is 1. The lowest BCUT2D eigenvalue weighted by molar-refractivity contribution is -0.134. The van der Waals surface area contributed by atoms with Crippen molar-refractivity contribution >= 4 is 16.8 Å². The van der Waals surface area contributed by atoms with E-state index in [1.807, 2.05) is 12.3 Å². The fraction of sp³-hybridized carbons (Fsp3) is 0.500. The molecule has 0 aliphatic carbocycles. The van der Waals surface area contributed by atoms with Crippen molar-refractivity contribution in [1.29, 1.82) is 0 Å². The lowest BCUT2D eigenvalue weighted by Crippen LogP contribution is -2.43. The summed E-state index contributed by atoms with van der Waals surface area (Å²) < 4.78 is 0. The molecular weight excluding hydrogens is 260 g/mol. The Morgan fingerprint density at radius 3 is 2.95 bits per heavy atom. The van der Waals surface area contributed by atoms with Crippen LogP contribution in [0.3, 0.4) is 0 Å². The topological polar surface area (TPSA) is 36.1 Å². The van der Waals surface area contributed by atoms with Gasteiger partial charge in [-0.25, -0.2) is 0 Å². The number of fused-ring (bicyclic) bond motifs is 1. The van der Waals surface area contributed by atoms with Gasteiger partial charge in [0.1, 0.15) is 0 Å². The Balaban J connectivity index is 1.63. The van der Waals surface area contributed by atoms with Crippen molar-refractivity contribution in [2.45, 2.75) is 39.5 Å². The van der Waals surface area contributed by atoms with Crippen LogP contribution >= 0.6 is 0 Å². The Morgan fingerprint density at radius 2 is 2.14 bits per heavy atom. The number of amides is 1. The number of aromatic amines is 1. The van der Waals surface area contributed by atoms with E-state index in [9.17, 15) is 4.79 Å². The maximum Gasteiger partial charge on any atom is 0.222 e. The maximum atomic E-state index is 12.4. The summed E-state index contributed by atoms with van der Waals surface area (Å²) in [5.74, 6) is 0.299. The van der Waals surface area contributed by atoms with Crippen molar-refractivity contribution in [2.24, 2.45) is 5.41 Å². The zero-order valence-corrected chi connectivity index (χ0v) is 13.0. The average Bonchev–Trinajstić information content (AvgIpc) is 2.87. The minimum Gasteiger partial charge on any atom is -0.361 e. The summed E-state index contributed by atoms with van der Waals surface area (Å²) >= 11 is 0. The lowest BCUT2D eigenvalue weighted by Gasteiger charge is -2.38. The number of aromatic nitrogens is 1. The van der Waals surface area contributed by atoms with Crippen molar-refractivity contribution in [1.82, 2.24) is 9.88 Å². The first kappa shape index (κ1) is 14.2. The summed E-state index contributed by atoms with van der Waals surface area (Å²) in [4.78, 5) is 17.8. The molecule has 0 radical (unpaired) electrons. The van der Waals surface area contributed by atoms with E-state index in [2.05, 4.69) is 41.9 Å². The van der Waals surface area contributed by atoms with Gasteiger partial charge in [-0.15, -0.1) is 0 Å². The molecule has 1 aromatic heterocycles. The highest BCUT2D eigenvalue weighted by atomic mass is 16.2. The molecule has 1 aliphatic heterocycles. The third-order valence-corrected chi connectivity index (χ3v) is 4.54. The molecule has 1 aliphatic rings. The molecule has 2 aromatic rings. The van der Waals surface area contributed by atoms with Crippen LogP contribution in [0.2, 0.25) is 0 Å². The number of benzene rings is 1. The van der Waals surface area contributed by atoms with E-state index >= 15 is 0 Å². The number of hydrogen-bond acceptors (Lipinski definition) is 1. The van der Waals surface area contributed by atoms with Crippen molar-refractivity contribution in [3.8, 4) is 0 Å². The molecule has 0 spiro atoms. The van der Waals surface area contributed by atoms with Crippen LogP contribution in [-0.4, -0.2) is 28.9 Å². The molecule has 3 nitrogen and oxygen atoms in total. The molecule has 1 saturated heterocycles. The number of H-pyrrole nitrogens is 1. The van der Waals surface area contributed by atoms with Gasteiger partial charge in [-0.05, 0) is 36.3 Å². The van der Waals surface area contributed by atoms with Gasteiger partial charge >= 0.3 is 0 Å². The van der Waals surface area contributed by atoms with Crippen molar-refractivity contribution in [3.63, 3.8) is 0 Å². The monoisotopic (exact) mass is 284 g/mol. The van der Waals surface area contributed by atoms with E-state index < -0.39 is 0 Å². The van der Waals surface area contributed by atoms with Gasteiger partial charge in [0, 0.05) is 36.6 Å². The van der Waals surface area contributed by atoms with E-state index in [-0.39, 0.29) is 5.41 Å². The number of likely N-dealkylation sites (tertiary alicyclic amines) is 1. The summed E-state index contributed by atoms with van der Waals surface area (Å²) in [6.45, 7) is 6.34.